The number of amidine groups is 1. The van der Waals surface area contributed by atoms with Crippen molar-refractivity contribution >= 4 is 40.1 Å². The second-order valence-electron chi connectivity index (χ2n) is 10.8. The fourth-order valence-corrected chi connectivity index (χ4v) is 7.41. The maximum absolute atomic E-state index is 13.6. The highest BCUT2D eigenvalue weighted by Crippen LogP contribution is 2.33. The Morgan fingerprint density at radius 3 is 2.76 bits per heavy atom. The third-order valence-corrected chi connectivity index (χ3v) is 9.50. The van der Waals surface area contributed by atoms with E-state index in [-0.39, 0.29) is 18.0 Å². The molecule has 194 valence electrons. The summed E-state index contributed by atoms with van der Waals surface area (Å²) in [5.74, 6) is 0.871. The van der Waals surface area contributed by atoms with E-state index in [2.05, 4.69) is 88.3 Å². The molecule has 3 N–H and O–H groups in total. The van der Waals surface area contributed by atoms with Crippen LogP contribution in [0.4, 0.5) is 5.69 Å². The van der Waals surface area contributed by atoms with Gasteiger partial charge in [-0.15, -0.1) is 22.7 Å². The van der Waals surface area contributed by atoms with Crippen molar-refractivity contribution in [3.8, 4) is 9.75 Å². The molecule has 0 radical (unpaired) electrons. The van der Waals surface area contributed by atoms with Crippen LogP contribution < -0.4 is 16.0 Å². The number of nitrogens with zero attached hydrogens (tertiary/aromatic N) is 3. The first-order valence-corrected chi connectivity index (χ1v) is 14.7. The van der Waals surface area contributed by atoms with Crippen molar-refractivity contribution in [2.45, 2.75) is 45.2 Å². The van der Waals surface area contributed by atoms with Crippen LogP contribution in [0, 0.1) is 5.92 Å². The molecule has 1 fully saturated rings. The number of anilines is 1. The number of carbonyl (C=O) groups excluding carboxylic acids is 1. The molecule has 1 saturated heterocycles. The van der Waals surface area contributed by atoms with Crippen molar-refractivity contribution in [1.82, 2.24) is 20.4 Å². The molecule has 0 aliphatic carbocycles. The summed E-state index contributed by atoms with van der Waals surface area (Å²) in [7, 11) is 0. The van der Waals surface area contributed by atoms with E-state index in [4.69, 9.17) is 4.99 Å². The number of rotatable bonds is 4. The van der Waals surface area contributed by atoms with Gasteiger partial charge < -0.3 is 16.0 Å². The molecule has 1 amide bonds. The summed E-state index contributed by atoms with van der Waals surface area (Å²) >= 11 is 3.65. The first kappa shape index (κ1) is 24.6. The molecule has 3 aliphatic rings. The van der Waals surface area contributed by atoms with Gasteiger partial charge in [-0.2, -0.15) is 0 Å². The third-order valence-electron chi connectivity index (χ3n) is 7.36. The quantitative estimate of drug-likeness (QED) is 0.467. The van der Waals surface area contributed by atoms with Crippen molar-refractivity contribution in [1.29, 1.82) is 0 Å². The van der Waals surface area contributed by atoms with Crippen molar-refractivity contribution in [3.05, 3.63) is 64.4 Å². The Morgan fingerprint density at radius 1 is 1.08 bits per heavy atom. The molecule has 3 aliphatic heterocycles. The van der Waals surface area contributed by atoms with Gasteiger partial charge in [0.15, 0.2) is 0 Å². The molecule has 2 aromatic heterocycles. The first-order valence-electron chi connectivity index (χ1n) is 13.0. The van der Waals surface area contributed by atoms with Gasteiger partial charge >= 0.3 is 0 Å². The topological polar surface area (TPSA) is 72.0 Å². The van der Waals surface area contributed by atoms with Gasteiger partial charge in [0.1, 0.15) is 17.5 Å². The van der Waals surface area contributed by atoms with Crippen LogP contribution in [-0.2, 0) is 11.3 Å². The monoisotopic (exact) mass is 534 g/mol. The van der Waals surface area contributed by atoms with E-state index in [0.717, 1.165) is 49.8 Å². The molecular formula is C28H34N6OS2. The number of hydrogen-bond donors (Lipinski definition) is 3. The zero-order chi connectivity index (χ0) is 25.6. The van der Waals surface area contributed by atoms with Gasteiger partial charge in [0.2, 0.25) is 5.91 Å². The highest BCUT2D eigenvalue weighted by molar-refractivity contribution is 7.21. The first-order chi connectivity index (χ1) is 17.9. The summed E-state index contributed by atoms with van der Waals surface area (Å²) in [4.78, 5) is 27.5. The smallest absolute Gasteiger partial charge is 0.246 e. The van der Waals surface area contributed by atoms with Gasteiger partial charge in [-0.25, -0.2) is 0 Å². The van der Waals surface area contributed by atoms with Crippen LogP contribution in [0.1, 0.15) is 31.2 Å². The number of fused-ring (bicyclic) bond motifs is 5. The maximum Gasteiger partial charge on any atom is 0.246 e. The van der Waals surface area contributed by atoms with Crippen LogP contribution in [0.5, 0.6) is 0 Å². The number of piperazine rings is 1. The van der Waals surface area contributed by atoms with Gasteiger partial charge in [0.05, 0.1) is 6.17 Å². The Labute approximate surface area is 226 Å². The number of nitrogens with one attached hydrogen (secondary N) is 3. The van der Waals surface area contributed by atoms with Crippen LogP contribution in [0.15, 0.2) is 58.9 Å². The van der Waals surface area contributed by atoms with Crippen LogP contribution in [-0.4, -0.2) is 65.6 Å². The lowest BCUT2D eigenvalue weighted by Gasteiger charge is -2.48. The minimum atomic E-state index is -0.459. The number of benzene rings is 1. The van der Waals surface area contributed by atoms with E-state index in [9.17, 15) is 4.79 Å². The van der Waals surface area contributed by atoms with E-state index < -0.39 is 11.7 Å². The Bertz CT molecular complexity index is 1300. The van der Waals surface area contributed by atoms with E-state index >= 15 is 0 Å². The lowest BCUT2D eigenvalue weighted by molar-refractivity contribution is -0.126. The lowest BCUT2D eigenvalue weighted by Crippen LogP contribution is -2.69. The van der Waals surface area contributed by atoms with Crippen LogP contribution in [0.2, 0.25) is 0 Å². The molecule has 9 heteroatoms. The van der Waals surface area contributed by atoms with E-state index in [1.807, 2.05) is 23.5 Å². The lowest BCUT2D eigenvalue weighted by atomic mass is 9.99. The summed E-state index contributed by atoms with van der Waals surface area (Å²) < 4.78 is 0. The molecular weight excluding hydrogens is 500 g/mol. The van der Waals surface area contributed by atoms with Crippen molar-refractivity contribution in [3.63, 3.8) is 0 Å². The predicted octanol–water partition coefficient (Wildman–Crippen LogP) is 4.25. The van der Waals surface area contributed by atoms with Crippen molar-refractivity contribution in [2.75, 3.05) is 31.5 Å². The summed E-state index contributed by atoms with van der Waals surface area (Å²) in [6, 6.07) is 16.5. The third kappa shape index (κ3) is 5.05. The van der Waals surface area contributed by atoms with Crippen LogP contribution >= 0.6 is 22.7 Å². The van der Waals surface area contributed by atoms with Gasteiger partial charge in [-0.05, 0) is 48.6 Å². The highest BCUT2D eigenvalue weighted by Gasteiger charge is 2.40. The fourth-order valence-electron chi connectivity index (χ4n) is 5.52. The average Bonchev–Trinajstić information content (AvgIpc) is 3.55. The van der Waals surface area contributed by atoms with E-state index in [0.29, 0.717) is 0 Å². The molecule has 1 aromatic carbocycles. The summed E-state index contributed by atoms with van der Waals surface area (Å²) in [5.41, 5.74) is 1.67. The standard InChI is InChI=1S/C28H34N6OS2/c1-18(2)25-27(35)29-24-16-33(15-19-10-11-23(37-19)22-9-6-14-36-22)12-13-34(24)17-28(3)31-21-8-5-4-7-20(21)26(30-25)32-28/h4-11,14,18,24-25,31H,12-13,15-17H2,1-3H3,(H,29,35)(H,30,32)/t24?,25-,28?/m0/s1. The SMILES string of the molecule is CC(C)[C@@H]1N=C2NC(C)(CN3CCN(Cc4ccc(-c5cccs5)s4)CC3NC1=O)Nc1ccccc12. The summed E-state index contributed by atoms with van der Waals surface area (Å²) in [6.07, 6.45) is -0.0754. The van der Waals surface area contributed by atoms with Gasteiger partial charge in [-0.3, -0.25) is 19.6 Å². The maximum atomic E-state index is 13.6. The molecule has 2 unspecified atom stereocenters. The minimum Gasteiger partial charge on any atom is -0.361 e. The van der Waals surface area contributed by atoms with Crippen LogP contribution in [0.3, 0.4) is 0 Å². The van der Waals surface area contributed by atoms with E-state index in [1.165, 1.54) is 14.6 Å². The Kier molecular flexibility index (Phi) is 6.56. The molecule has 5 heterocycles. The number of aliphatic imine (C=N–C) groups is 1. The molecule has 3 aromatic rings. The normalized spacial score (nSPS) is 26.4. The number of hydrogen-bond acceptors (Lipinski definition) is 8. The molecule has 0 saturated carbocycles. The Hall–Kier alpha value is -2.72. The molecule has 2 bridgehead atoms. The highest BCUT2D eigenvalue weighted by atomic mass is 32.1. The number of thiophene rings is 2. The molecule has 6 rings (SSSR count). The zero-order valence-corrected chi connectivity index (χ0v) is 23.2. The predicted molar refractivity (Wildman–Crippen MR) is 153 cm³/mol. The largest absolute Gasteiger partial charge is 0.361 e. The van der Waals surface area contributed by atoms with Gasteiger partial charge in [-0.1, -0.05) is 32.0 Å². The van der Waals surface area contributed by atoms with Crippen LogP contribution in [0.25, 0.3) is 9.75 Å². The van der Waals surface area contributed by atoms with E-state index in [1.54, 1.807) is 11.3 Å². The second kappa shape index (κ2) is 9.87. The average molecular weight is 535 g/mol. The molecule has 3 atom stereocenters. The summed E-state index contributed by atoms with van der Waals surface area (Å²) in [5, 5.41) is 12.9. The summed E-state index contributed by atoms with van der Waals surface area (Å²) in [6.45, 7) is 10.6. The van der Waals surface area contributed by atoms with Crippen molar-refractivity contribution in [2.24, 2.45) is 10.9 Å². The number of amides is 1. The Morgan fingerprint density at radius 2 is 1.95 bits per heavy atom. The molecule has 7 nitrogen and oxygen atoms in total. The molecule has 37 heavy (non-hydrogen) atoms. The number of para-hydroxylation sites is 1. The minimum absolute atomic E-state index is 0.00290. The second-order valence-corrected chi connectivity index (χ2v) is 12.9. The van der Waals surface area contributed by atoms with Crippen molar-refractivity contribution < 1.29 is 4.79 Å². The van der Waals surface area contributed by atoms with Gasteiger partial charge in [0, 0.05) is 58.6 Å². The van der Waals surface area contributed by atoms with Gasteiger partial charge in [0.25, 0.3) is 0 Å². The Balaban J connectivity index is 1.25. The fraction of sp³-hybridized carbons (Fsp3) is 0.429. The zero-order valence-electron chi connectivity index (χ0n) is 21.5. The number of carbonyl (C=O) groups is 1. The molecule has 0 spiro atoms.